The molecular formula is C16H20ClN3O3. The fourth-order valence-corrected chi connectivity index (χ4v) is 3.13. The number of rotatable bonds is 4. The summed E-state index contributed by atoms with van der Waals surface area (Å²) in [6.07, 6.45) is 3.29. The molecule has 0 bridgehead atoms. The van der Waals surface area contributed by atoms with Crippen molar-refractivity contribution in [3.05, 3.63) is 35.4 Å². The van der Waals surface area contributed by atoms with Crippen LogP contribution in [0.1, 0.15) is 46.4 Å². The van der Waals surface area contributed by atoms with Crippen LogP contribution in [0.15, 0.2) is 24.3 Å². The minimum Gasteiger partial charge on any atom is -0.353 e. The second-order valence-electron chi connectivity index (χ2n) is 5.93. The zero-order valence-electron chi connectivity index (χ0n) is 12.7. The third-order valence-electron chi connectivity index (χ3n) is 4.45. The molecular weight excluding hydrogens is 318 g/mol. The van der Waals surface area contributed by atoms with E-state index in [-0.39, 0.29) is 43.2 Å². The average Bonchev–Trinajstić information content (AvgIpc) is 3.06. The minimum absolute atomic E-state index is 0. The number of amides is 3. The van der Waals surface area contributed by atoms with Gasteiger partial charge in [0.25, 0.3) is 11.8 Å². The number of imide groups is 1. The Morgan fingerprint density at radius 2 is 1.65 bits per heavy atom. The van der Waals surface area contributed by atoms with Gasteiger partial charge in [-0.15, -0.1) is 12.4 Å². The lowest BCUT2D eigenvalue weighted by atomic mass is 9.98. The summed E-state index contributed by atoms with van der Waals surface area (Å²) >= 11 is 0. The molecule has 6 nitrogen and oxygen atoms in total. The molecule has 1 aliphatic heterocycles. The van der Waals surface area contributed by atoms with Crippen LogP contribution in [0.25, 0.3) is 0 Å². The largest absolute Gasteiger partial charge is 0.353 e. The zero-order valence-corrected chi connectivity index (χ0v) is 13.5. The van der Waals surface area contributed by atoms with Crippen molar-refractivity contribution in [1.82, 2.24) is 10.2 Å². The first-order valence-electron chi connectivity index (χ1n) is 7.55. The number of nitrogens with one attached hydrogen (secondary N) is 1. The van der Waals surface area contributed by atoms with E-state index < -0.39 is 5.54 Å². The molecule has 0 unspecified atom stereocenters. The first-order valence-corrected chi connectivity index (χ1v) is 7.55. The smallest absolute Gasteiger partial charge is 0.261 e. The number of halogens is 1. The molecule has 3 N–H and O–H groups in total. The summed E-state index contributed by atoms with van der Waals surface area (Å²) in [6, 6.07) is 6.74. The SMILES string of the molecule is Cl.NC1(C(=O)NCCN2C(=O)c3ccccc3C2=O)CCCC1. The highest BCUT2D eigenvalue weighted by atomic mass is 35.5. The maximum absolute atomic E-state index is 12.2. The number of nitrogens with two attached hydrogens (primary N) is 1. The number of hydrogen-bond donors (Lipinski definition) is 2. The second-order valence-corrected chi connectivity index (χ2v) is 5.93. The summed E-state index contributed by atoms with van der Waals surface area (Å²) in [5.41, 5.74) is 6.11. The Balaban J connectivity index is 0.00000192. The van der Waals surface area contributed by atoms with Crippen LogP contribution < -0.4 is 11.1 Å². The van der Waals surface area contributed by atoms with Gasteiger partial charge >= 0.3 is 0 Å². The summed E-state index contributed by atoms with van der Waals surface area (Å²) in [6.45, 7) is 0.386. The molecule has 0 atom stereocenters. The molecule has 1 saturated carbocycles. The number of carbonyl (C=O) groups is 3. The van der Waals surface area contributed by atoms with Crippen molar-refractivity contribution >= 4 is 30.1 Å². The van der Waals surface area contributed by atoms with Gasteiger partial charge in [0.1, 0.15) is 0 Å². The van der Waals surface area contributed by atoms with Gasteiger partial charge < -0.3 is 11.1 Å². The van der Waals surface area contributed by atoms with Gasteiger partial charge in [0.2, 0.25) is 5.91 Å². The number of nitrogens with zero attached hydrogens (tertiary/aromatic N) is 1. The van der Waals surface area contributed by atoms with E-state index in [2.05, 4.69) is 5.32 Å². The molecule has 3 rings (SSSR count). The lowest BCUT2D eigenvalue weighted by molar-refractivity contribution is -0.126. The van der Waals surface area contributed by atoms with Crippen molar-refractivity contribution in [2.24, 2.45) is 5.73 Å². The Kier molecular flexibility index (Phi) is 5.06. The molecule has 1 fully saturated rings. The molecule has 1 aromatic carbocycles. The van der Waals surface area contributed by atoms with Gasteiger partial charge in [-0.05, 0) is 25.0 Å². The van der Waals surface area contributed by atoms with Crippen molar-refractivity contribution in [1.29, 1.82) is 0 Å². The van der Waals surface area contributed by atoms with E-state index in [4.69, 9.17) is 5.73 Å². The van der Waals surface area contributed by atoms with Crippen LogP contribution in [0.5, 0.6) is 0 Å². The van der Waals surface area contributed by atoms with E-state index in [0.29, 0.717) is 24.0 Å². The quantitative estimate of drug-likeness (QED) is 0.804. The first kappa shape index (κ1) is 17.4. The fourth-order valence-electron chi connectivity index (χ4n) is 3.13. The zero-order chi connectivity index (χ0) is 15.7. The molecule has 0 saturated heterocycles. The van der Waals surface area contributed by atoms with Crippen LogP contribution >= 0.6 is 12.4 Å². The molecule has 1 heterocycles. The van der Waals surface area contributed by atoms with E-state index in [1.807, 2.05) is 0 Å². The summed E-state index contributed by atoms with van der Waals surface area (Å²) < 4.78 is 0. The van der Waals surface area contributed by atoms with Crippen molar-refractivity contribution in [3.8, 4) is 0 Å². The van der Waals surface area contributed by atoms with E-state index in [9.17, 15) is 14.4 Å². The first-order chi connectivity index (χ1) is 10.5. The highest BCUT2D eigenvalue weighted by molar-refractivity contribution is 6.21. The molecule has 1 aliphatic carbocycles. The van der Waals surface area contributed by atoms with Crippen LogP contribution in [0, 0.1) is 0 Å². The Morgan fingerprint density at radius 3 is 2.17 bits per heavy atom. The Labute approximate surface area is 140 Å². The molecule has 0 spiro atoms. The Morgan fingerprint density at radius 1 is 1.13 bits per heavy atom. The fraction of sp³-hybridized carbons (Fsp3) is 0.438. The third-order valence-corrected chi connectivity index (χ3v) is 4.45. The van der Waals surface area contributed by atoms with Crippen LogP contribution in [0.3, 0.4) is 0 Å². The summed E-state index contributed by atoms with van der Waals surface area (Å²) in [5, 5.41) is 2.75. The van der Waals surface area contributed by atoms with E-state index >= 15 is 0 Å². The van der Waals surface area contributed by atoms with Gasteiger partial charge in [0.15, 0.2) is 0 Å². The molecule has 7 heteroatoms. The van der Waals surface area contributed by atoms with E-state index in [1.54, 1.807) is 24.3 Å². The molecule has 1 aromatic rings. The van der Waals surface area contributed by atoms with E-state index in [0.717, 1.165) is 12.8 Å². The van der Waals surface area contributed by atoms with Gasteiger partial charge in [-0.2, -0.15) is 0 Å². The van der Waals surface area contributed by atoms with Gasteiger partial charge in [0.05, 0.1) is 16.7 Å². The highest BCUT2D eigenvalue weighted by Gasteiger charge is 2.38. The van der Waals surface area contributed by atoms with Gasteiger partial charge in [-0.3, -0.25) is 19.3 Å². The van der Waals surface area contributed by atoms with Crippen LogP contribution in [0.2, 0.25) is 0 Å². The standard InChI is InChI=1S/C16H19N3O3.ClH/c17-16(7-3-4-8-16)15(22)18-9-10-19-13(20)11-5-1-2-6-12(11)14(19)21;/h1-2,5-6H,3-4,7-10,17H2,(H,18,22);1H. The third kappa shape index (κ3) is 3.09. The lowest BCUT2D eigenvalue weighted by Gasteiger charge is -2.23. The predicted octanol–water partition coefficient (Wildman–Crippen LogP) is 1.09. The van der Waals surface area contributed by atoms with Crippen LogP contribution in [-0.2, 0) is 4.79 Å². The predicted molar refractivity (Wildman–Crippen MR) is 87.5 cm³/mol. The van der Waals surface area contributed by atoms with Gasteiger partial charge in [-0.1, -0.05) is 25.0 Å². The number of fused-ring (bicyclic) bond motifs is 1. The summed E-state index contributed by atoms with van der Waals surface area (Å²) in [4.78, 5) is 37.6. The second kappa shape index (κ2) is 6.68. The lowest BCUT2D eigenvalue weighted by Crippen LogP contribution is -2.53. The maximum Gasteiger partial charge on any atom is 0.261 e. The van der Waals surface area contributed by atoms with Crippen molar-refractivity contribution in [2.45, 2.75) is 31.2 Å². The minimum atomic E-state index is -0.790. The Hall–Kier alpha value is -1.92. The summed E-state index contributed by atoms with van der Waals surface area (Å²) in [5.74, 6) is -0.807. The molecule has 2 aliphatic rings. The molecule has 0 radical (unpaired) electrons. The van der Waals surface area contributed by atoms with Crippen molar-refractivity contribution < 1.29 is 14.4 Å². The normalized spacial score (nSPS) is 18.6. The monoisotopic (exact) mass is 337 g/mol. The number of benzene rings is 1. The number of carbonyl (C=O) groups excluding carboxylic acids is 3. The number of hydrogen-bond acceptors (Lipinski definition) is 4. The van der Waals surface area contributed by atoms with Crippen molar-refractivity contribution in [2.75, 3.05) is 13.1 Å². The maximum atomic E-state index is 12.2. The summed E-state index contributed by atoms with van der Waals surface area (Å²) in [7, 11) is 0. The topological polar surface area (TPSA) is 92.5 Å². The molecule has 124 valence electrons. The van der Waals surface area contributed by atoms with Crippen LogP contribution in [0.4, 0.5) is 0 Å². The molecule has 23 heavy (non-hydrogen) atoms. The Bertz CT molecular complexity index is 606. The van der Waals surface area contributed by atoms with E-state index in [1.165, 1.54) is 4.90 Å². The molecule has 3 amide bonds. The van der Waals surface area contributed by atoms with Gasteiger partial charge in [0, 0.05) is 13.1 Å². The van der Waals surface area contributed by atoms with Crippen molar-refractivity contribution in [3.63, 3.8) is 0 Å². The van der Waals surface area contributed by atoms with Gasteiger partial charge in [-0.25, -0.2) is 0 Å². The average molecular weight is 338 g/mol. The highest BCUT2D eigenvalue weighted by Crippen LogP contribution is 2.27. The molecule has 0 aromatic heterocycles. The van der Waals surface area contributed by atoms with Crippen LogP contribution in [-0.4, -0.2) is 41.2 Å².